The molecule has 2 saturated heterocycles. The van der Waals surface area contributed by atoms with E-state index in [0.29, 0.717) is 29.5 Å². The zero-order valence-corrected chi connectivity index (χ0v) is 14.4. The Hall–Kier alpha value is -2.69. The zero-order valence-electron chi connectivity index (χ0n) is 13.6. The van der Waals surface area contributed by atoms with Crippen molar-refractivity contribution in [2.75, 3.05) is 25.0 Å². The zero-order chi connectivity index (χ0) is 17.6. The van der Waals surface area contributed by atoms with Crippen LogP contribution in [0, 0.1) is 11.3 Å². The van der Waals surface area contributed by atoms with Gasteiger partial charge in [-0.3, -0.25) is 9.69 Å². The molecular formula is C18H16N4O2S. The minimum atomic E-state index is -0.855. The number of carbonyl (C=O) groups excluding carboxylic acids is 1. The molecule has 2 atom stereocenters. The van der Waals surface area contributed by atoms with E-state index in [1.807, 2.05) is 19.2 Å². The first kappa shape index (κ1) is 15.8. The number of likely N-dealkylation sites (N-methyl/N-ethyl adjacent to an activating group) is 1. The van der Waals surface area contributed by atoms with Crippen LogP contribution < -0.4 is 10.2 Å². The number of benzene rings is 1. The lowest BCUT2D eigenvalue weighted by molar-refractivity contribution is -0.122. The molecule has 2 aliphatic rings. The highest BCUT2D eigenvalue weighted by Gasteiger charge is 2.59. The fourth-order valence-electron chi connectivity index (χ4n) is 3.77. The van der Waals surface area contributed by atoms with E-state index in [1.165, 1.54) is 4.90 Å². The highest BCUT2D eigenvalue weighted by Crippen LogP contribution is 2.41. The molecule has 2 fully saturated rings. The number of nitrogens with zero attached hydrogens (tertiary/aromatic N) is 3. The molecule has 126 valence electrons. The Bertz CT molecular complexity index is 889. The molecule has 1 amide bonds. The van der Waals surface area contributed by atoms with Crippen molar-refractivity contribution in [3.63, 3.8) is 0 Å². The average molecular weight is 352 g/mol. The minimum absolute atomic E-state index is 0.113. The summed E-state index contributed by atoms with van der Waals surface area (Å²) in [5, 5.41) is 12.7. The fraction of sp³-hybridized carbons (Fsp3) is 0.278. The summed E-state index contributed by atoms with van der Waals surface area (Å²) in [7, 11) is 1.97. The van der Waals surface area contributed by atoms with Crippen LogP contribution >= 0.6 is 12.2 Å². The molecule has 0 radical (unpaired) electrons. The minimum Gasteiger partial charge on any atom is -0.469 e. The van der Waals surface area contributed by atoms with Gasteiger partial charge in [-0.15, -0.1) is 0 Å². The van der Waals surface area contributed by atoms with Crippen molar-refractivity contribution < 1.29 is 9.21 Å². The predicted molar refractivity (Wildman–Crippen MR) is 96.1 cm³/mol. The lowest BCUT2D eigenvalue weighted by atomic mass is 9.85. The van der Waals surface area contributed by atoms with Gasteiger partial charge in [-0.05, 0) is 49.6 Å². The van der Waals surface area contributed by atoms with E-state index in [-0.39, 0.29) is 11.8 Å². The first-order valence-electron chi connectivity index (χ1n) is 7.94. The molecule has 0 bridgehead atoms. The second-order valence-corrected chi connectivity index (χ2v) is 6.86. The molecule has 7 heteroatoms. The molecule has 2 aliphatic heterocycles. The van der Waals surface area contributed by atoms with Crippen LogP contribution in [0.5, 0.6) is 0 Å². The van der Waals surface area contributed by atoms with E-state index in [4.69, 9.17) is 21.9 Å². The van der Waals surface area contributed by atoms with E-state index >= 15 is 0 Å². The third kappa shape index (κ3) is 2.34. The monoisotopic (exact) mass is 352 g/mol. The number of nitriles is 1. The second-order valence-electron chi connectivity index (χ2n) is 6.47. The van der Waals surface area contributed by atoms with Crippen molar-refractivity contribution in [2.24, 2.45) is 0 Å². The summed E-state index contributed by atoms with van der Waals surface area (Å²) in [6, 6.07) is 12.7. The molecule has 1 N–H and O–H groups in total. The van der Waals surface area contributed by atoms with Gasteiger partial charge < -0.3 is 14.6 Å². The van der Waals surface area contributed by atoms with Gasteiger partial charge >= 0.3 is 0 Å². The van der Waals surface area contributed by atoms with E-state index < -0.39 is 5.54 Å². The van der Waals surface area contributed by atoms with Crippen molar-refractivity contribution >= 4 is 28.9 Å². The Morgan fingerprint density at radius 2 is 2.24 bits per heavy atom. The van der Waals surface area contributed by atoms with Crippen LogP contribution in [0.25, 0.3) is 0 Å². The van der Waals surface area contributed by atoms with Crippen LogP contribution in [-0.2, 0) is 4.79 Å². The number of hydrogen-bond acceptors (Lipinski definition) is 5. The largest absolute Gasteiger partial charge is 0.469 e. The highest BCUT2D eigenvalue weighted by atomic mass is 32.1. The topological polar surface area (TPSA) is 72.5 Å². The Kier molecular flexibility index (Phi) is 3.60. The van der Waals surface area contributed by atoms with Gasteiger partial charge in [0.15, 0.2) is 5.11 Å². The number of nitrogens with one attached hydrogen (secondary N) is 1. The number of amides is 1. The molecule has 0 aliphatic carbocycles. The number of anilines is 1. The van der Waals surface area contributed by atoms with Crippen LogP contribution in [0.2, 0.25) is 0 Å². The van der Waals surface area contributed by atoms with Crippen LogP contribution in [0.3, 0.4) is 0 Å². The molecule has 6 nitrogen and oxygen atoms in total. The van der Waals surface area contributed by atoms with Crippen LogP contribution in [0.15, 0.2) is 47.1 Å². The van der Waals surface area contributed by atoms with Crippen molar-refractivity contribution in [3.05, 3.63) is 54.0 Å². The molecule has 4 rings (SSSR count). The first-order valence-corrected chi connectivity index (χ1v) is 8.35. The number of thiocarbonyl (C=S) groups is 1. The maximum Gasteiger partial charge on any atom is 0.261 e. The van der Waals surface area contributed by atoms with Gasteiger partial charge in [0.1, 0.15) is 11.3 Å². The Morgan fingerprint density at radius 1 is 1.40 bits per heavy atom. The number of rotatable bonds is 2. The van der Waals surface area contributed by atoms with Crippen LogP contribution in [-0.4, -0.2) is 41.6 Å². The van der Waals surface area contributed by atoms with Gasteiger partial charge in [0.25, 0.3) is 5.91 Å². The average Bonchev–Trinajstić information content (AvgIpc) is 3.28. The molecular weight excluding hydrogens is 336 g/mol. The van der Waals surface area contributed by atoms with Gasteiger partial charge in [-0.2, -0.15) is 5.26 Å². The quantitative estimate of drug-likeness (QED) is 0.832. The summed E-state index contributed by atoms with van der Waals surface area (Å²) >= 11 is 5.47. The third-order valence-corrected chi connectivity index (χ3v) is 5.13. The smallest absolute Gasteiger partial charge is 0.261 e. The number of carbonyl (C=O) groups is 1. The molecule has 3 heterocycles. The summed E-state index contributed by atoms with van der Waals surface area (Å²) in [4.78, 5) is 17.0. The molecule has 1 spiro atoms. The standard InChI is InChI=1S/C18H16N4O2S/c1-21-10-14(15-6-3-7-24-15)18(11-21)16(23)22(17(25)20-18)13-5-2-4-12(8-13)9-19/h2-8,14H,10-11H2,1H3,(H,20,25)/t14-,18+/m1/s1. The molecule has 1 aromatic heterocycles. The van der Waals surface area contributed by atoms with E-state index in [2.05, 4.69) is 16.3 Å². The Labute approximate surface area is 150 Å². The van der Waals surface area contributed by atoms with Crippen molar-refractivity contribution in [3.8, 4) is 6.07 Å². The molecule has 1 aromatic carbocycles. The van der Waals surface area contributed by atoms with Crippen molar-refractivity contribution in [1.82, 2.24) is 10.2 Å². The first-order chi connectivity index (χ1) is 12.0. The number of furan rings is 1. The highest BCUT2D eigenvalue weighted by molar-refractivity contribution is 7.80. The summed E-state index contributed by atoms with van der Waals surface area (Å²) in [6.07, 6.45) is 1.62. The third-order valence-electron chi connectivity index (χ3n) is 4.85. The summed E-state index contributed by atoms with van der Waals surface area (Å²) in [6.45, 7) is 1.23. The molecule has 0 saturated carbocycles. The maximum absolute atomic E-state index is 13.4. The summed E-state index contributed by atoms with van der Waals surface area (Å²) in [5.74, 6) is 0.515. The predicted octanol–water partition coefficient (Wildman–Crippen LogP) is 1.84. The maximum atomic E-state index is 13.4. The Balaban J connectivity index is 1.76. The van der Waals surface area contributed by atoms with Gasteiger partial charge in [-0.1, -0.05) is 6.07 Å². The van der Waals surface area contributed by atoms with Crippen LogP contribution in [0.4, 0.5) is 5.69 Å². The number of likely N-dealkylation sites (tertiary alicyclic amines) is 1. The van der Waals surface area contributed by atoms with Gasteiger partial charge in [-0.25, -0.2) is 0 Å². The van der Waals surface area contributed by atoms with Gasteiger partial charge in [0.05, 0.1) is 29.5 Å². The lowest BCUT2D eigenvalue weighted by Crippen LogP contribution is -2.52. The molecule has 2 aromatic rings. The van der Waals surface area contributed by atoms with Crippen molar-refractivity contribution in [1.29, 1.82) is 5.26 Å². The van der Waals surface area contributed by atoms with E-state index in [1.54, 1.807) is 30.5 Å². The van der Waals surface area contributed by atoms with Gasteiger partial charge in [0, 0.05) is 13.1 Å². The van der Waals surface area contributed by atoms with Crippen LogP contribution in [0.1, 0.15) is 17.2 Å². The SMILES string of the molecule is CN1C[C@H](c2ccco2)[C@]2(C1)NC(=S)N(c1cccc(C#N)c1)C2=O. The van der Waals surface area contributed by atoms with Gasteiger partial charge in [0.2, 0.25) is 0 Å². The number of hydrogen-bond donors (Lipinski definition) is 1. The van der Waals surface area contributed by atoms with Crippen molar-refractivity contribution in [2.45, 2.75) is 11.5 Å². The molecule has 25 heavy (non-hydrogen) atoms. The van der Waals surface area contributed by atoms with E-state index in [9.17, 15) is 4.79 Å². The van der Waals surface area contributed by atoms with E-state index in [0.717, 1.165) is 5.76 Å². The summed E-state index contributed by atoms with van der Waals surface area (Å²) < 4.78 is 5.59. The Morgan fingerprint density at radius 3 is 2.96 bits per heavy atom. The fourth-order valence-corrected chi connectivity index (χ4v) is 4.15. The second kappa shape index (κ2) is 5.69. The summed E-state index contributed by atoms with van der Waals surface area (Å²) in [5.41, 5.74) is 0.234. The lowest BCUT2D eigenvalue weighted by Gasteiger charge is -2.26. The normalized spacial score (nSPS) is 26.2. The molecule has 0 unspecified atom stereocenters.